The van der Waals surface area contributed by atoms with Crippen LogP contribution in [0.1, 0.15) is 40.5 Å². The van der Waals surface area contributed by atoms with Gasteiger partial charge in [-0.1, -0.05) is 6.07 Å². The number of carbonyl (C=O) groups is 1. The van der Waals surface area contributed by atoms with Crippen molar-refractivity contribution in [3.63, 3.8) is 0 Å². The Labute approximate surface area is 173 Å². The van der Waals surface area contributed by atoms with Crippen molar-refractivity contribution in [1.29, 1.82) is 5.26 Å². The fourth-order valence-corrected chi connectivity index (χ4v) is 3.32. The van der Waals surface area contributed by atoms with Crippen LogP contribution in [-0.2, 0) is 16.7 Å². The molecule has 0 unspecified atom stereocenters. The summed E-state index contributed by atoms with van der Waals surface area (Å²) in [6.45, 7) is 1.11. The Kier molecular flexibility index (Phi) is 5.67. The van der Waals surface area contributed by atoms with E-state index in [2.05, 4.69) is 14.7 Å². The second-order valence-electron chi connectivity index (χ2n) is 7.12. The third-order valence-electron chi connectivity index (χ3n) is 4.81. The minimum absolute atomic E-state index is 0.0547. The smallest absolute Gasteiger partial charge is 0.425 e. The van der Waals surface area contributed by atoms with Crippen molar-refractivity contribution in [3.05, 3.63) is 64.5 Å². The van der Waals surface area contributed by atoms with Gasteiger partial charge in [0, 0.05) is 19.0 Å². The van der Waals surface area contributed by atoms with E-state index >= 15 is 4.39 Å². The molecule has 0 fully saturated rings. The van der Waals surface area contributed by atoms with Gasteiger partial charge in [0.25, 0.3) is 6.02 Å². The molecule has 0 radical (unpaired) electrons. The number of ketones is 1. The predicted molar refractivity (Wildman–Crippen MR) is 97.9 cm³/mol. The lowest BCUT2D eigenvalue weighted by Crippen LogP contribution is -2.46. The lowest BCUT2D eigenvalue weighted by Gasteiger charge is -2.36. The number of hydrogen-bond acceptors (Lipinski definition) is 6. The summed E-state index contributed by atoms with van der Waals surface area (Å²) in [6.07, 6.45) is -7.50. The maximum atomic E-state index is 15.2. The standard InChI is InChI=1S/C20H15F5N4O2/c1-19(7-15(20(23,24)25)31-18(27)29-19)16-12(21)4-3-11(17(16)22)6-14(30)13-5-2-10(8-26)9-28-13/h2-5,9,15H,6-7H2,1H3,(H2,27,29)/t15-,19-/m0/s1. The summed E-state index contributed by atoms with van der Waals surface area (Å²) in [6, 6.07) is 5.49. The highest BCUT2D eigenvalue weighted by molar-refractivity contribution is 5.95. The molecule has 1 aliphatic heterocycles. The van der Waals surface area contributed by atoms with Crippen LogP contribution in [-0.4, -0.2) is 29.1 Å². The lowest BCUT2D eigenvalue weighted by atomic mass is 9.83. The zero-order valence-electron chi connectivity index (χ0n) is 16.0. The van der Waals surface area contributed by atoms with Crippen LogP contribution in [0, 0.1) is 23.0 Å². The Morgan fingerprint density at radius 1 is 1.32 bits per heavy atom. The molecule has 0 saturated carbocycles. The number of halogens is 5. The van der Waals surface area contributed by atoms with E-state index in [1.54, 1.807) is 0 Å². The fraction of sp³-hybridized carbons (Fsp3) is 0.300. The van der Waals surface area contributed by atoms with Crippen LogP contribution in [0.4, 0.5) is 22.0 Å². The second-order valence-corrected chi connectivity index (χ2v) is 7.12. The zero-order chi connectivity index (χ0) is 23.0. The van der Waals surface area contributed by atoms with Crippen molar-refractivity contribution in [2.75, 3.05) is 0 Å². The maximum absolute atomic E-state index is 15.2. The first kappa shape index (κ1) is 22.1. The third kappa shape index (κ3) is 4.47. The van der Waals surface area contributed by atoms with Crippen molar-refractivity contribution in [3.8, 4) is 6.07 Å². The molecule has 2 N–H and O–H groups in total. The number of Topliss-reactive ketones (excluding diaryl/α,β-unsaturated/α-hetero) is 1. The maximum Gasteiger partial charge on any atom is 0.425 e. The topological polar surface area (TPSA) is 101 Å². The number of hydrogen-bond donors (Lipinski definition) is 1. The molecular weight excluding hydrogens is 423 g/mol. The van der Waals surface area contributed by atoms with Gasteiger partial charge in [0.15, 0.2) is 11.9 Å². The number of benzene rings is 1. The van der Waals surface area contributed by atoms with Crippen LogP contribution in [0.15, 0.2) is 35.5 Å². The molecule has 31 heavy (non-hydrogen) atoms. The van der Waals surface area contributed by atoms with Gasteiger partial charge >= 0.3 is 6.18 Å². The molecule has 1 aliphatic rings. The Hall–Kier alpha value is -3.55. The van der Waals surface area contributed by atoms with Gasteiger partial charge in [-0.2, -0.15) is 18.4 Å². The molecule has 0 saturated heterocycles. The molecule has 2 heterocycles. The molecule has 6 nitrogen and oxygen atoms in total. The van der Waals surface area contributed by atoms with Gasteiger partial charge < -0.3 is 10.5 Å². The van der Waals surface area contributed by atoms with Crippen LogP contribution in [0.2, 0.25) is 0 Å². The van der Waals surface area contributed by atoms with Crippen LogP contribution in [0.5, 0.6) is 0 Å². The fourth-order valence-electron chi connectivity index (χ4n) is 3.32. The molecule has 0 bridgehead atoms. The number of alkyl halides is 3. The quantitative estimate of drug-likeness (QED) is 0.581. The molecule has 0 amide bonds. The molecular formula is C20H15F5N4O2. The summed E-state index contributed by atoms with van der Waals surface area (Å²) in [5.41, 5.74) is 2.50. The van der Waals surface area contributed by atoms with Crippen LogP contribution < -0.4 is 5.73 Å². The second kappa shape index (κ2) is 7.94. The number of amidine groups is 1. The number of nitrogens with two attached hydrogens (primary N) is 1. The first-order valence-corrected chi connectivity index (χ1v) is 8.90. The van der Waals surface area contributed by atoms with Gasteiger partial charge in [-0.15, -0.1) is 0 Å². The summed E-state index contributed by atoms with van der Waals surface area (Å²) in [5, 5.41) is 8.77. The first-order valence-electron chi connectivity index (χ1n) is 8.90. The van der Waals surface area contributed by atoms with Crippen molar-refractivity contribution in [1.82, 2.24) is 4.98 Å². The van der Waals surface area contributed by atoms with E-state index in [0.717, 1.165) is 25.3 Å². The molecule has 2 atom stereocenters. The highest BCUT2D eigenvalue weighted by atomic mass is 19.4. The van der Waals surface area contributed by atoms with Gasteiger partial charge in [0.05, 0.1) is 16.7 Å². The van der Waals surface area contributed by atoms with Crippen molar-refractivity contribution >= 4 is 11.8 Å². The van der Waals surface area contributed by atoms with Crippen LogP contribution >= 0.6 is 0 Å². The molecule has 0 spiro atoms. The number of aliphatic imine (C=N–C) groups is 1. The highest BCUT2D eigenvalue weighted by Crippen LogP contribution is 2.42. The van der Waals surface area contributed by atoms with Gasteiger partial charge in [0.1, 0.15) is 23.4 Å². The Morgan fingerprint density at radius 2 is 2.03 bits per heavy atom. The number of ether oxygens (including phenoxy) is 1. The van der Waals surface area contributed by atoms with Crippen LogP contribution in [0.25, 0.3) is 0 Å². The molecule has 2 aromatic rings. The van der Waals surface area contributed by atoms with E-state index in [-0.39, 0.29) is 16.8 Å². The van der Waals surface area contributed by atoms with Crippen LogP contribution in [0.3, 0.4) is 0 Å². The number of pyridine rings is 1. The normalized spacial score (nSPS) is 21.1. The van der Waals surface area contributed by atoms with E-state index in [4.69, 9.17) is 11.0 Å². The average molecular weight is 438 g/mol. The Bertz CT molecular complexity index is 1090. The van der Waals surface area contributed by atoms with E-state index in [9.17, 15) is 22.4 Å². The summed E-state index contributed by atoms with van der Waals surface area (Å²) in [4.78, 5) is 20.0. The summed E-state index contributed by atoms with van der Waals surface area (Å²) < 4.78 is 73.8. The molecule has 11 heteroatoms. The molecule has 1 aromatic heterocycles. The first-order chi connectivity index (χ1) is 14.4. The largest absolute Gasteiger partial charge is 0.452 e. The highest BCUT2D eigenvalue weighted by Gasteiger charge is 2.50. The Balaban J connectivity index is 1.98. The number of nitrogens with zero attached hydrogens (tertiary/aromatic N) is 3. The van der Waals surface area contributed by atoms with Crippen molar-refractivity contribution in [2.45, 2.75) is 37.6 Å². The molecule has 1 aromatic carbocycles. The van der Waals surface area contributed by atoms with Gasteiger partial charge in [0.2, 0.25) is 0 Å². The van der Waals surface area contributed by atoms with Crippen molar-refractivity contribution in [2.24, 2.45) is 10.7 Å². The molecule has 3 rings (SSSR count). The van der Waals surface area contributed by atoms with Crippen molar-refractivity contribution < 1.29 is 31.5 Å². The number of aromatic nitrogens is 1. The summed E-state index contributed by atoms with van der Waals surface area (Å²) in [5.74, 6) is -2.97. The SMILES string of the molecule is C[C@@]1(c2c(F)ccc(CC(=O)c3ccc(C#N)cn3)c2F)C[C@@H](C(F)(F)F)OC(N)=N1. The van der Waals surface area contributed by atoms with E-state index < -0.39 is 59.7 Å². The van der Waals surface area contributed by atoms with E-state index in [0.29, 0.717) is 0 Å². The zero-order valence-corrected chi connectivity index (χ0v) is 16.0. The molecule has 0 aliphatic carbocycles. The van der Waals surface area contributed by atoms with Gasteiger partial charge in [-0.25, -0.2) is 13.8 Å². The summed E-state index contributed by atoms with van der Waals surface area (Å²) >= 11 is 0. The van der Waals surface area contributed by atoms with Gasteiger partial charge in [-0.05, 0) is 30.7 Å². The summed E-state index contributed by atoms with van der Waals surface area (Å²) in [7, 11) is 0. The number of carbonyl (C=O) groups excluding carboxylic acids is 1. The third-order valence-corrected chi connectivity index (χ3v) is 4.81. The van der Waals surface area contributed by atoms with Gasteiger partial charge in [-0.3, -0.25) is 9.78 Å². The average Bonchev–Trinajstić information content (AvgIpc) is 2.68. The lowest BCUT2D eigenvalue weighted by molar-refractivity contribution is -0.208. The number of nitriles is 1. The predicted octanol–water partition coefficient (Wildman–Crippen LogP) is 3.54. The van der Waals surface area contributed by atoms with E-state index in [1.165, 1.54) is 12.1 Å². The monoisotopic (exact) mass is 438 g/mol. The molecule has 162 valence electrons. The Morgan fingerprint density at radius 3 is 2.61 bits per heavy atom. The minimum Gasteiger partial charge on any atom is -0.452 e. The number of rotatable bonds is 4. The minimum atomic E-state index is -4.83. The van der Waals surface area contributed by atoms with E-state index in [1.807, 2.05) is 6.07 Å².